The van der Waals surface area contributed by atoms with E-state index in [4.69, 9.17) is 16.3 Å². The van der Waals surface area contributed by atoms with Crippen LogP contribution in [0.1, 0.15) is 11.1 Å². The zero-order chi connectivity index (χ0) is 13.9. The van der Waals surface area contributed by atoms with Gasteiger partial charge in [-0.05, 0) is 36.4 Å². The molecule has 1 nitrogen and oxygen atoms in total. The third-order valence-electron chi connectivity index (χ3n) is 2.45. The first-order chi connectivity index (χ1) is 8.97. The van der Waals surface area contributed by atoms with Gasteiger partial charge < -0.3 is 4.74 Å². The van der Waals surface area contributed by atoms with Gasteiger partial charge in [0.15, 0.2) is 0 Å². The Bertz CT molecular complexity index is 552. The van der Waals surface area contributed by atoms with Crippen LogP contribution in [0.4, 0.5) is 13.2 Å². The molecule has 0 aliphatic rings. The summed E-state index contributed by atoms with van der Waals surface area (Å²) in [5, 5.41) is 0.243. The van der Waals surface area contributed by atoms with Gasteiger partial charge in [0.1, 0.15) is 12.4 Å². The Morgan fingerprint density at radius 3 is 2.63 bits per heavy atom. The Hall–Kier alpha value is -1.68. The van der Waals surface area contributed by atoms with Gasteiger partial charge in [0.05, 0.1) is 5.56 Å². The first kappa shape index (κ1) is 13.7. The minimum absolute atomic E-state index is 0.0272. The predicted octanol–water partition coefficient (Wildman–Crippen LogP) is 4.74. The zero-order valence-electron chi connectivity index (χ0n) is 9.67. The lowest BCUT2D eigenvalue weighted by Crippen LogP contribution is -2.06. The van der Waals surface area contributed by atoms with E-state index in [-0.39, 0.29) is 11.6 Å². The number of halogens is 4. The second-order valence-electron chi connectivity index (χ2n) is 3.83. The summed E-state index contributed by atoms with van der Waals surface area (Å²) in [4.78, 5) is 0. The molecule has 0 aliphatic carbocycles. The molecule has 0 unspecified atom stereocenters. The van der Waals surface area contributed by atoms with Crippen molar-refractivity contribution < 1.29 is 17.9 Å². The molecule has 0 aliphatic heterocycles. The summed E-state index contributed by atoms with van der Waals surface area (Å²) in [6, 6.07) is 12.7. The van der Waals surface area contributed by atoms with E-state index in [1.54, 1.807) is 24.3 Å². The Labute approximate surface area is 113 Å². The van der Waals surface area contributed by atoms with Crippen molar-refractivity contribution in [2.45, 2.75) is 12.8 Å². The highest BCUT2D eigenvalue weighted by Crippen LogP contribution is 2.32. The molecule has 0 atom stereocenters. The van der Waals surface area contributed by atoms with Crippen molar-refractivity contribution in [3.63, 3.8) is 0 Å². The van der Waals surface area contributed by atoms with Crippen molar-refractivity contribution in [3.05, 3.63) is 64.7 Å². The molecule has 0 spiro atoms. The van der Waals surface area contributed by atoms with Crippen molar-refractivity contribution in [2.75, 3.05) is 0 Å². The van der Waals surface area contributed by atoms with Crippen molar-refractivity contribution in [3.8, 4) is 5.75 Å². The van der Waals surface area contributed by atoms with Gasteiger partial charge in [-0.2, -0.15) is 13.2 Å². The maximum atomic E-state index is 12.6. The molecule has 1 radical (unpaired) electrons. The highest BCUT2D eigenvalue weighted by atomic mass is 35.5. The standard InChI is InChI=1S/C14H9ClF3O/c15-13-7-6-11(14(16,17)18)8-10(13)9-19-12-4-2-1-3-5-12/h1-2,4-8H,9H2. The predicted molar refractivity (Wildman–Crippen MR) is 66.1 cm³/mol. The average molecular weight is 286 g/mol. The molecule has 0 N–H and O–H groups in total. The third kappa shape index (κ3) is 3.64. The number of benzene rings is 2. The number of hydrogen-bond acceptors (Lipinski definition) is 1. The fourth-order valence-electron chi connectivity index (χ4n) is 1.49. The molecule has 0 fully saturated rings. The quantitative estimate of drug-likeness (QED) is 0.791. The molecule has 0 saturated heterocycles. The first-order valence-corrected chi connectivity index (χ1v) is 5.79. The number of ether oxygens (including phenoxy) is 1. The van der Waals surface area contributed by atoms with Crippen LogP contribution in [0.5, 0.6) is 5.75 Å². The number of hydrogen-bond donors (Lipinski definition) is 0. The van der Waals surface area contributed by atoms with Crippen LogP contribution in [0.25, 0.3) is 0 Å². The largest absolute Gasteiger partial charge is 0.489 e. The van der Waals surface area contributed by atoms with Gasteiger partial charge in [0, 0.05) is 10.6 Å². The smallest absolute Gasteiger partial charge is 0.416 e. The summed E-state index contributed by atoms with van der Waals surface area (Å²) in [6.45, 7) is -0.0272. The fourth-order valence-corrected chi connectivity index (χ4v) is 1.66. The second-order valence-corrected chi connectivity index (χ2v) is 4.24. The molecule has 0 amide bonds. The minimum atomic E-state index is -4.39. The Morgan fingerprint density at radius 1 is 1.21 bits per heavy atom. The highest BCUT2D eigenvalue weighted by Gasteiger charge is 2.30. The van der Waals surface area contributed by atoms with Crippen LogP contribution < -0.4 is 4.74 Å². The van der Waals surface area contributed by atoms with Crippen LogP contribution >= 0.6 is 11.6 Å². The van der Waals surface area contributed by atoms with Gasteiger partial charge in [0.2, 0.25) is 0 Å². The molecule has 0 saturated carbocycles. The monoisotopic (exact) mass is 285 g/mol. The Morgan fingerprint density at radius 2 is 2.00 bits per heavy atom. The van der Waals surface area contributed by atoms with E-state index >= 15 is 0 Å². The SMILES string of the molecule is FC(F)(F)c1ccc(Cl)c(COc2c[c]ccc2)c1. The summed E-state index contributed by atoms with van der Waals surface area (Å²) in [5.74, 6) is 0.524. The van der Waals surface area contributed by atoms with Crippen LogP contribution in [0.2, 0.25) is 5.02 Å². The first-order valence-electron chi connectivity index (χ1n) is 5.41. The minimum Gasteiger partial charge on any atom is -0.489 e. The average Bonchev–Trinajstić information content (AvgIpc) is 2.37. The topological polar surface area (TPSA) is 9.23 Å². The van der Waals surface area contributed by atoms with Crippen molar-refractivity contribution in [1.82, 2.24) is 0 Å². The molecule has 2 aromatic carbocycles. The maximum absolute atomic E-state index is 12.6. The number of alkyl halides is 3. The fraction of sp³-hybridized carbons (Fsp3) is 0.143. The normalized spacial score (nSPS) is 11.4. The van der Waals surface area contributed by atoms with E-state index in [1.165, 1.54) is 6.07 Å². The lowest BCUT2D eigenvalue weighted by molar-refractivity contribution is -0.137. The molecule has 0 bridgehead atoms. The second kappa shape index (κ2) is 5.53. The van der Waals surface area contributed by atoms with Gasteiger partial charge in [-0.1, -0.05) is 23.7 Å². The lowest BCUT2D eigenvalue weighted by Gasteiger charge is -2.11. The van der Waals surface area contributed by atoms with Crippen LogP contribution in [0, 0.1) is 6.07 Å². The Kier molecular flexibility index (Phi) is 4.00. The van der Waals surface area contributed by atoms with E-state index in [0.717, 1.165) is 12.1 Å². The van der Waals surface area contributed by atoms with Gasteiger partial charge >= 0.3 is 6.18 Å². The van der Waals surface area contributed by atoms with Crippen LogP contribution in [0.15, 0.2) is 42.5 Å². The van der Waals surface area contributed by atoms with Gasteiger partial charge in [-0.3, -0.25) is 0 Å². The van der Waals surface area contributed by atoms with Crippen LogP contribution in [-0.2, 0) is 12.8 Å². The molecular weight excluding hydrogens is 277 g/mol. The van der Waals surface area contributed by atoms with Gasteiger partial charge in [-0.15, -0.1) is 0 Å². The number of rotatable bonds is 3. The highest BCUT2D eigenvalue weighted by molar-refractivity contribution is 6.31. The van der Waals surface area contributed by atoms with E-state index in [1.807, 2.05) is 0 Å². The van der Waals surface area contributed by atoms with E-state index in [9.17, 15) is 13.2 Å². The van der Waals surface area contributed by atoms with E-state index in [0.29, 0.717) is 11.3 Å². The molecular formula is C14H9ClF3O. The van der Waals surface area contributed by atoms with Gasteiger partial charge in [0.25, 0.3) is 0 Å². The molecule has 2 rings (SSSR count). The van der Waals surface area contributed by atoms with Crippen molar-refractivity contribution >= 4 is 11.6 Å². The lowest BCUT2D eigenvalue weighted by atomic mass is 10.1. The summed E-state index contributed by atoms with van der Waals surface area (Å²) >= 11 is 5.86. The van der Waals surface area contributed by atoms with Crippen molar-refractivity contribution in [2.24, 2.45) is 0 Å². The van der Waals surface area contributed by atoms with Crippen molar-refractivity contribution in [1.29, 1.82) is 0 Å². The molecule has 19 heavy (non-hydrogen) atoms. The molecule has 0 aromatic heterocycles. The molecule has 2 aromatic rings. The maximum Gasteiger partial charge on any atom is 0.416 e. The third-order valence-corrected chi connectivity index (χ3v) is 2.81. The molecule has 0 heterocycles. The van der Waals surface area contributed by atoms with Gasteiger partial charge in [-0.25, -0.2) is 0 Å². The zero-order valence-corrected chi connectivity index (χ0v) is 10.4. The van der Waals surface area contributed by atoms with Crippen LogP contribution in [-0.4, -0.2) is 0 Å². The van der Waals surface area contributed by atoms with Crippen LogP contribution in [0.3, 0.4) is 0 Å². The summed E-state index contributed by atoms with van der Waals surface area (Å²) in [5.41, 5.74) is -0.449. The summed E-state index contributed by atoms with van der Waals surface area (Å²) in [6.07, 6.45) is -4.39. The summed E-state index contributed by atoms with van der Waals surface area (Å²) < 4.78 is 43.1. The molecule has 99 valence electrons. The Balaban J connectivity index is 2.16. The summed E-state index contributed by atoms with van der Waals surface area (Å²) in [7, 11) is 0. The molecule has 5 heteroatoms. The van der Waals surface area contributed by atoms with E-state index < -0.39 is 11.7 Å². The van der Waals surface area contributed by atoms with E-state index in [2.05, 4.69) is 6.07 Å².